The monoisotopic (exact) mass is 347 g/mol. The molecule has 0 saturated carbocycles. The number of nitrogens with zero attached hydrogens (tertiary/aromatic N) is 1. The normalized spacial score (nSPS) is 16.0. The highest BCUT2D eigenvalue weighted by molar-refractivity contribution is 5.93. The Morgan fingerprint density at radius 1 is 1.19 bits per heavy atom. The highest BCUT2D eigenvalue weighted by Gasteiger charge is 2.22. The van der Waals surface area contributed by atoms with Crippen LogP contribution in [0.5, 0.6) is 5.75 Å². The summed E-state index contributed by atoms with van der Waals surface area (Å²) in [6.07, 6.45) is 3.12. The number of aryl methyl sites for hydroxylation is 1. The fourth-order valence-electron chi connectivity index (χ4n) is 3.49. The van der Waals surface area contributed by atoms with Gasteiger partial charge in [-0.15, -0.1) is 0 Å². The fraction of sp³-hybridized carbons (Fsp3) is 0.238. The Bertz CT molecular complexity index is 915. The first-order chi connectivity index (χ1) is 12.7. The zero-order valence-electron chi connectivity index (χ0n) is 14.7. The molecule has 3 aromatic rings. The van der Waals surface area contributed by atoms with Gasteiger partial charge in [0.25, 0.3) is 5.91 Å². The van der Waals surface area contributed by atoms with Gasteiger partial charge in [-0.25, -0.2) is 0 Å². The van der Waals surface area contributed by atoms with Crippen molar-refractivity contribution in [3.05, 3.63) is 71.4 Å². The number of amides is 1. The molecule has 5 nitrogen and oxygen atoms in total. The maximum Gasteiger partial charge on any atom is 0.269 e. The van der Waals surface area contributed by atoms with Crippen LogP contribution in [0, 0.1) is 0 Å². The van der Waals surface area contributed by atoms with E-state index in [0.717, 1.165) is 36.3 Å². The quantitative estimate of drug-likeness (QED) is 0.752. The summed E-state index contributed by atoms with van der Waals surface area (Å²) >= 11 is 0. The summed E-state index contributed by atoms with van der Waals surface area (Å²) in [6.45, 7) is 0. The molecule has 26 heavy (non-hydrogen) atoms. The minimum atomic E-state index is -0.126. The van der Waals surface area contributed by atoms with E-state index in [-0.39, 0.29) is 11.9 Å². The molecule has 1 unspecified atom stereocenters. The van der Waals surface area contributed by atoms with E-state index in [1.807, 2.05) is 30.3 Å². The standard InChI is InChI=1S/C21H21N3O2/c1-26-16-11-9-15(10-12-16)19-13-20(24-23-19)21(25)22-18-8-4-6-14-5-2-3-7-17(14)18/h2-3,5,7,9-13,18H,4,6,8H2,1H3,(H,22,25)(H,23,24). The van der Waals surface area contributed by atoms with Gasteiger partial charge >= 0.3 is 0 Å². The van der Waals surface area contributed by atoms with Crippen molar-refractivity contribution in [1.82, 2.24) is 15.5 Å². The SMILES string of the molecule is COc1ccc(-c2cc(C(=O)NC3CCCc4ccccc43)[nH]n2)cc1. The second-order valence-corrected chi connectivity index (χ2v) is 6.51. The summed E-state index contributed by atoms with van der Waals surface area (Å²) in [5, 5.41) is 10.3. The highest BCUT2D eigenvalue weighted by atomic mass is 16.5. The number of hydrogen-bond acceptors (Lipinski definition) is 3. The molecule has 0 aliphatic heterocycles. The van der Waals surface area contributed by atoms with Crippen LogP contribution < -0.4 is 10.1 Å². The first-order valence-electron chi connectivity index (χ1n) is 8.83. The molecule has 1 aromatic heterocycles. The Labute approximate surface area is 152 Å². The molecule has 0 radical (unpaired) electrons. The lowest BCUT2D eigenvalue weighted by Crippen LogP contribution is -2.31. The van der Waals surface area contributed by atoms with Crippen molar-refractivity contribution in [2.24, 2.45) is 0 Å². The van der Waals surface area contributed by atoms with E-state index in [1.165, 1.54) is 11.1 Å². The molecule has 1 amide bonds. The molecule has 0 saturated heterocycles. The maximum absolute atomic E-state index is 12.7. The van der Waals surface area contributed by atoms with E-state index in [4.69, 9.17) is 4.74 Å². The zero-order chi connectivity index (χ0) is 17.9. The fourth-order valence-corrected chi connectivity index (χ4v) is 3.49. The number of aromatic nitrogens is 2. The first kappa shape index (κ1) is 16.4. The summed E-state index contributed by atoms with van der Waals surface area (Å²) in [5.41, 5.74) is 4.69. The van der Waals surface area contributed by atoms with Crippen LogP contribution in [-0.4, -0.2) is 23.2 Å². The largest absolute Gasteiger partial charge is 0.497 e. The third-order valence-corrected chi connectivity index (χ3v) is 4.88. The summed E-state index contributed by atoms with van der Waals surface area (Å²) in [5.74, 6) is 0.664. The van der Waals surface area contributed by atoms with Crippen LogP contribution in [0.25, 0.3) is 11.3 Å². The van der Waals surface area contributed by atoms with Gasteiger partial charge in [0.1, 0.15) is 11.4 Å². The van der Waals surface area contributed by atoms with Gasteiger partial charge in [0.05, 0.1) is 18.8 Å². The van der Waals surface area contributed by atoms with Crippen LogP contribution in [0.1, 0.15) is 40.5 Å². The molecular weight excluding hydrogens is 326 g/mol. The van der Waals surface area contributed by atoms with Crippen LogP contribution in [0.4, 0.5) is 0 Å². The molecule has 2 N–H and O–H groups in total. The Morgan fingerprint density at radius 3 is 2.81 bits per heavy atom. The summed E-state index contributed by atoms with van der Waals surface area (Å²) in [4.78, 5) is 12.7. The van der Waals surface area contributed by atoms with Gasteiger partial charge in [0.2, 0.25) is 0 Å². The highest BCUT2D eigenvalue weighted by Crippen LogP contribution is 2.29. The molecule has 1 aliphatic rings. The molecule has 2 aromatic carbocycles. The number of fused-ring (bicyclic) bond motifs is 1. The number of rotatable bonds is 4. The minimum absolute atomic E-state index is 0.0557. The second-order valence-electron chi connectivity index (χ2n) is 6.51. The molecule has 4 rings (SSSR count). The Hall–Kier alpha value is -3.08. The number of H-pyrrole nitrogens is 1. The maximum atomic E-state index is 12.7. The Morgan fingerprint density at radius 2 is 2.00 bits per heavy atom. The molecular formula is C21H21N3O2. The van der Waals surface area contributed by atoms with Gasteiger partial charge in [-0.3, -0.25) is 9.89 Å². The van der Waals surface area contributed by atoms with E-state index in [9.17, 15) is 4.79 Å². The lowest BCUT2D eigenvalue weighted by Gasteiger charge is -2.26. The van der Waals surface area contributed by atoms with Crippen LogP contribution in [0.2, 0.25) is 0 Å². The van der Waals surface area contributed by atoms with Gasteiger partial charge in [0, 0.05) is 5.56 Å². The molecule has 0 bridgehead atoms. The van der Waals surface area contributed by atoms with Crippen molar-refractivity contribution in [2.75, 3.05) is 7.11 Å². The molecule has 1 aliphatic carbocycles. The predicted molar refractivity (Wildman–Crippen MR) is 100 cm³/mol. The van der Waals surface area contributed by atoms with Crippen molar-refractivity contribution < 1.29 is 9.53 Å². The van der Waals surface area contributed by atoms with Gasteiger partial charge in [0.15, 0.2) is 0 Å². The van der Waals surface area contributed by atoms with Crippen molar-refractivity contribution in [2.45, 2.75) is 25.3 Å². The second kappa shape index (κ2) is 7.04. The van der Waals surface area contributed by atoms with E-state index in [0.29, 0.717) is 5.69 Å². The molecule has 1 heterocycles. The predicted octanol–water partition coefficient (Wildman–Crippen LogP) is 3.89. The summed E-state index contributed by atoms with van der Waals surface area (Å²) < 4.78 is 5.17. The van der Waals surface area contributed by atoms with E-state index < -0.39 is 0 Å². The van der Waals surface area contributed by atoms with Gasteiger partial charge in [-0.1, -0.05) is 24.3 Å². The number of aromatic amines is 1. The molecule has 5 heteroatoms. The molecule has 0 fully saturated rings. The van der Waals surface area contributed by atoms with Crippen molar-refractivity contribution >= 4 is 5.91 Å². The molecule has 0 spiro atoms. The molecule has 1 atom stereocenters. The number of hydrogen-bond donors (Lipinski definition) is 2. The van der Waals surface area contributed by atoms with Crippen LogP contribution in [-0.2, 0) is 6.42 Å². The lowest BCUT2D eigenvalue weighted by atomic mass is 9.87. The van der Waals surface area contributed by atoms with Crippen molar-refractivity contribution in [3.8, 4) is 17.0 Å². The van der Waals surface area contributed by atoms with Gasteiger partial charge < -0.3 is 10.1 Å². The average Bonchev–Trinajstić information content (AvgIpc) is 3.19. The van der Waals surface area contributed by atoms with Crippen LogP contribution >= 0.6 is 0 Å². The van der Waals surface area contributed by atoms with Crippen molar-refractivity contribution in [3.63, 3.8) is 0 Å². The van der Waals surface area contributed by atoms with Crippen molar-refractivity contribution in [1.29, 1.82) is 0 Å². The van der Waals surface area contributed by atoms with E-state index in [1.54, 1.807) is 13.2 Å². The van der Waals surface area contributed by atoms with E-state index >= 15 is 0 Å². The third-order valence-electron chi connectivity index (χ3n) is 4.88. The van der Waals surface area contributed by atoms with Gasteiger partial charge in [-0.05, 0) is 60.7 Å². The third kappa shape index (κ3) is 3.20. The summed E-state index contributed by atoms with van der Waals surface area (Å²) in [6, 6.07) is 17.8. The molecule has 132 valence electrons. The number of ether oxygens (including phenoxy) is 1. The summed E-state index contributed by atoms with van der Waals surface area (Å²) in [7, 11) is 1.63. The number of methoxy groups -OCH3 is 1. The first-order valence-corrected chi connectivity index (χ1v) is 8.83. The minimum Gasteiger partial charge on any atom is -0.497 e. The topological polar surface area (TPSA) is 67.0 Å². The zero-order valence-corrected chi connectivity index (χ0v) is 14.7. The Kier molecular flexibility index (Phi) is 4.44. The number of benzene rings is 2. The van der Waals surface area contributed by atoms with Crippen LogP contribution in [0.3, 0.4) is 0 Å². The lowest BCUT2D eigenvalue weighted by molar-refractivity contribution is 0.0927. The average molecular weight is 347 g/mol. The number of carbonyl (C=O) groups excluding carboxylic acids is 1. The number of nitrogens with one attached hydrogen (secondary N) is 2. The Balaban J connectivity index is 1.50. The van der Waals surface area contributed by atoms with Crippen LogP contribution in [0.15, 0.2) is 54.6 Å². The van der Waals surface area contributed by atoms with Gasteiger partial charge in [-0.2, -0.15) is 5.10 Å². The number of carbonyl (C=O) groups is 1. The van der Waals surface area contributed by atoms with E-state index in [2.05, 4.69) is 33.7 Å². The smallest absolute Gasteiger partial charge is 0.269 e.